The van der Waals surface area contributed by atoms with Gasteiger partial charge in [-0.2, -0.15) is 0 Å². The fourth-order valence-electron chi connectivity index (χ4n) is 2.23. The van der Waals surface area contributed by atoms with Crippen LogP contribution in [-0.2, 0) is 13.1 Å². The average Bonchev–Trinajstić information content (AvgIpc) is 2.68. The summed E-state index contributed by atoms with van der Waals surface area (Å²) >= 11 is 5.88. The summed E-state index contributed by atoms with van der Waals surface area (Å²) in [4.78, 5) is 38.1. The van der Waals surface area contributed by atoms with Crippen molar-refractivity contribution in [1.82, 2.24) is 25.3 Å². The van der Waals surface area contributed by atoms with Gasteiger partial charge in [0, 0.05) is 25.1 Å². The lowest BCUT2D eigenvalue weighted by molar-refractivity contribution is 0.0950. The Kier molecular flexibility index (Phi) is 5.62. The van der Waals surface area contributed by atoms with Crippen molar-refractivity contribution in [2.45, 2.75) is 13.1 Å². The molecule has 0 bridgehead atoms. The molecule has 2 heterocycles. The minimum absolute atomic E-state index is 0.0269. The predicted octanol–water partition coefficient (Wildman–Crippen LogP) is 1.46. The van der Waals surface area contributed by atoms with Crippen molar-refractivity contribution in [2.24, 2.45) is 0 Å². The molecule has 0 aliphatic carbocycles. The highest BCUT2D eigenvalue weighted by Gasteiger charge is 2.14. The van der Waals surface area contributed by atoms with Gasteiger partial charge in [0.25, 0.3) is 5.91 Å². The first-order valence-electron chi connectivity index (χ1n) is 7.87. The number of carbonyl (C=O) groups is 1. The van der Waals surface area contributed by atoms with Crippen molar-refractivity contribution < 1.29 is 9.90 Å². The van der Waals surface area contributed by atoms with Crippen LogP contribution in [0.15, 0.2) is 47.7 Å². The van der Waals surface area contributed by atoms with E-state index in [0.717, 1.165) is 5.56 Å². The van der Waals surface area contributed by atoms with Crippen LogP contribution in [0.25, 0.3) is 0 Å². The van der Waals surface area contributed by atoms with E-state index in [1.54, 1.807) is 30.6 Å². The van der Waals surface area contributed by atoms with Crippen LogP contribution in [0, 0.1) is 0 Å². The summed E-state index contributed by atoms with van der Waals surface area (Å²) in [6.07, 6.45) is 4.34. The number of hydrogen-bond acceptors (Lipinski definition) is 7. The number of amides is 1. The summed E-state index contributed by atoms with van der Waals surface area (Å²) in [6, 6.07) is 6.38. The zero-order valence-corrected chi connectivity index (χ0v) is 14.7. The molecule has 0 unspecified atom stereocenters. The Balaban J connectivity index is 1.73. The number of nitrogens with zero attached hydrogens (tertiary/aromatic N) is 3. The number of aromatic amines is 1. The van der Waals surface area contributed by atoms with Gasteiger partial charge < -0.3 is 15.7 Å². The molecule has 0 saturated heterocycles. The van der Waals surface area contributed by atoms with E-state index in [-0.39, 0.29) is 35.2 Å². The summed E-state index contributed by atoms with van der Waals surface area (Å²) < 4.78 is 0. The Hall–Kier alpha value is -3.46. The molecule has 1 aromatic carbocycles. The fraction of sp³-hybridized carbons (Fsp3) is 0.118. The normalized spacial score (nSPS) is 10.4. The second kappa shape index (κ2) is 8.28. The van der Waals surface area contributed by atoms with Crippen molar-refractivity contribution in [3.8, 4) is 5.75 Å². The monoisotopic (exact) mass is 386 g/mol. The molecule has 0 saturated carbocycles. The topological polar surface area (TPSA) is 133 Å². The van der Waals surface area contributed by atoms with Crippen LogP contribution in [-0.4, -0.2) is 30.9 Å². The predicted molar refractivity (Wildman–Crippen MR) is 98.5 cm³/mol. The molecule has 4 N–H and O–H groups in total. The molecule has 138 valence electrons. The highest BCUT2D eigenvalue weighted by Crippen LogP contribution is 2.24. The van der Waals surface area contributed by atoms with E-state index in [1.807, 2.05) is 0 Å². The molecule has 10 heteroatoms. The first-order chi connectivity index (χ1) is 13.0. The Bertz CT molecular complexity index is 1010. The number of carbonyl (C=O) groups excluding carboxylic acids is 1. The van der Waals surface area contributed by atoms with Gasteiger partial charge >= 0.3 is 5.69 Å². The van der Waals surface area contributed by atoms with Crippen molar-refractivity contribution in [3.05, 3.63) is 75.3 Å². The number of phenols is 1. The van der Waals surface area contributed by atoms with E-state index >= 15 is 0 Å². The van der Waals surface area contributed by atoms with E-state index in [0.29, 0.717) is 5.82 Å². The Morgan fingerprint density at radius 1 is 1.19 bits per heavy atom. The highest BCUT2D eigenvalue weighted by molar-refractivity contribution is 6.32. The summed E-state index contributed by atoms with van der Waals surface area (Å²) in [5, 5.41) is 15.3. The van der Waals surface area contributed by atoms with E-state index in [1.165, 1.54) is 12.3 Å². The quantitative estimate of drug-likeness (QED) is 0.504. The van der Waals surface area contributed by atoms with Crippen LogP contribution in [0.5, 0.6) is 5.75 Å². The van der Waals surface area contributed by atoms with Gasteiger partial charge in [0.1, 0.15) is 17.4 Å². The van der Waals surface area contributed by atoms with E-state index in [2.05, 4.69) is 30.6 Å². The summed E-state index contributed by atoms with van der Waals surface area (Å²) in [5.74, 6) is 0.195. The molecule has 3 aromatic rings. The van der Waals surface area contributed by atoms with Crippen molar-refractivity contribution in [1.29, 1.82) is 0 Å². The van der Waals surface area contributed by atoms with Crippen molar-refractivity contribution >= 4 is 23.3 Å². The Labute approximate surface area is 158 Å². The second-order valence-corrected chi connectivity index (χ2v) is 5.87. The molecule has 0 radical (unpaired) electrons. The number of anilines is 1. The van der Waals surface area contributed by atoms with Gasteiger partial charge in [0.05, 0.1) is 17.1 Å². The summed E-state index contributed by atoms with van der Waals surface area (Å²) in [6.45, 7) is 0.397. The zero-order valence-electron chi connectivity index (χ0n) is 13.9. The summed E-state index contributed by atoms with van der Waals surface area (Å²) in [7, 11) is 0. The summed E-state index contributed by atoms with van der Waals surface area (Å²) in [5.41, 5.74) is 0.319. The maximum absolute atomic E-state index is 12.4. The molecule has 0 aliphatic heterocycles. The molecule has 2 aromatic heterocycles. The Morgan fingerprint density at radius 3 is 2.70 bits per heavy atom. The molecule has 0 fully saturated rings. The van der Waals surface area contributed by atoms with Crippen LogP contribution in [0.4, 0.5) is 5.82 Å². The molecule has 3 rings (SSSR count). The highest BCUT2D eigenvalue weighted by atomic mass is 35.5. The van der Waals surface area contributed by atoms with E-state index < -0.39 is 11.6 Å². The van der Waals surface area contributed by atoms with Crippen LogP contribution >= 0.6 is 11.6 Å². The minimum Gasteiger partial charge on any atom is -0.506 e. The van der Waals surface area contributed by atoms with E-state index in [9.17, 15) is 14.7 Å². The number of aromatic hydroxyl groups is 1. The van der Waals surface area contributed by atoms with Crippen molar-refractivity contribution in [3.63, 3.8) is 0 Å². The minimum atomic E-state index is -0.593. The number of rotatable bonds is 6. The standard InChI is InChI=1S/C17H15ClN6O3/c18-12-6-10(2-3-13(12)25)7-21-15-11(8-23-17(27)24-15)16(26)22-9-14-19-4-1-5-20-14/h1-6,8,25H,7,9H2,(H,22,26)(H2,21,23,24,27). The second-order valence-electron chi connectivity index (χ2n) is 5.46. The smallest absolute Gasteiger partial charge is 0.346 e. The maximum Gasteiger partial charge on any atom is 0.346 e. The molecule has 27 heavy (non-hydrogen) atoms. The van der Waals surface area contributed by atoms with E-state index in [4.69, 9.17) is 11.6 Å². The molecule has 0 spiro atoms. The van der Waals surface area contributed by atoms with Gasteiger partial charge in [-0.15, -0.1) is 0 Å². The number of phenolic OH excluding ortho intramolecular Hbond substituents is 1. The molecule has 0 aliphatic rings. The molecule has 9 nitrogen and oxygen atoms in total. The third kappa shape index (κ3) is 4.79. The maximum atomic E-state index is 12.4. The molecular formula is C17H15ClN6O3. The first kappa shape index (κ1) is 18.3. The lowest BCUT2D eigenvalue weighted by Crippen LogP contribution is -2.27. The SMILES string of the molecule is O=C(NCc1ncccn1)c1cnc(=O)[nH]c1NCc1ccc(O)c(Cl)c1. The van der Waals surface area contributed by atoms with Crippen LogP contribution in [0.2, 0.25) is 5.02 Å². The number of H-pyrrole nitrogens is 1. The fourth-order valence-corrected chi connectivity index (χ4v) is 2.44. The lowest BCUT2D eigenvalue weighted by Gasteiger charge is -2.11. The number of hydrogen-bond donors (Lipinski definition) is 4. The Morgan fingerprint density at radius 2 is 1.96 bits per heavy atom. The van der Waals surface area contributed by atoms with Gasteiger partial charge in [-0.1, -0.05) is 17.7 Å². The average molecular weight is 387 g/mol. The van der Waals surface area contributed by atoms with Gasteiger partial charge in [0.15, 0.2) is 0 Å². The van der Waals surface area contributed by atoms with Crippen LogP contribution in [0.3, 0.4) is 0 Å². The third-order valence-corrected chi connectivity index (χ3v) is 3.87. The third-order valence-electron chi connectivity index (χ3n) is 3.56. The molecule has 1 amide bonds. The molecule has 0 atom stereocenters. The van der Waals surface area contributed by atoms with Gasteiger partial charge in [-0.25, -0.2) is 19.7 Å². The zero-order chi connectivity index (χ0) is 19.2. The lowest BCUT2D eigenvalue weighted by atomic mass is 10.2. The van der Waals surface area contributed by atoms with Gasteiger partial charge in [-0.3, -0.25) is 9.78 Å². The van der Waals surface area contributed by atoms with Crippen LogP contribution in [0.1, 0.15) is 21.7 Å². The number of benzene rings is 1. The first-order valence-corrected chi connectivity index (χ1v) is 8.25. The number of aromatic nitrogens is 4. The molecular weight excluding hydrogens is 372 g/mol. The largest absolute Gasteiger partial charge is 0.506 e. The number of nitrogens with one attached hydrogen (secondary N) is 3. The number of halogens is 1. The van der Waals surface area contributed by atoms with Gasteiger partial charge in [-0.05, 0) is 23.8 Å². The van der Waals surface area contributed by atoms with Crippen molar-refractivity contribution in [2.75, 3.05) is 5.32 Å². The van der Waals surface area contributed by atoms with Crippen LogP contribution < -0.4 is 16.3 Å². The van der Waals surface area contributed by atoms with Gasteiger partial charge in [0.2, 0.25) is 0 Å².